The van der Waals surface area contributed by atoms with E-state index in [0.29, 0.717) is 16.5 Å². The zero-order valence-electron chi connectivity index (χ0n) is 14.3. The van der Waals surface area contributed by atoms with Crippen LogP contribution in [-0.4, -0.2) is 50.0 Å². The van der Waals surface area contributed by atoms with Crippen molar-refractivity contribution < 1.29 is 27.9 Å². The lowest BCUT2D eigenvalue weighted by atomic mass is 9.92. The second-order valence-corrected chi connectivity index (χ2v) is 9.37. The maximum absolute atomic E-state index is 13.3. The number of benzene rings is 1. The van der Waals surface area contributed by atoms with Crippen LogP contribution >= 0.6 is 11.3 Å². The highest BCUT2D eigenvalue weighted by molar-refractivity contribution is 7.89. The van der Waals surface area contributed by atoms with Crippen LogP contribution in [0.15, 0.2) is 29.2 Å². The smallest absolute Gasteiger partial charge is 0.349 e. The van der Waals surface area contributed by atoms with Crippen LogP contribution in [0, 0.1) is 11.8 Å². The fourth-order valence-electron chi connectivity index (χ4n) is 3.31. The number of carbonyl (C=O) groups excluding carboxylic acids is 1. The number of rotatable bonds is 4. The van der Waals surface area contributed by atoms with Crippen LogP contribution in [0.25, 0.3) is 10.1 Å². The number of ether oxygens (including phenoxy) is 1. The molecule has 0 amide bonds. The molecular weight excluding hydrogens is 378 g/mol. The van der Waals surface area contributed by atoms with Gasteiger partial charge in [0.2, 0.25) is 10.0 Å². The molecule has 1 fully saturated rings. The molecular formula is C17H19NO6S2. The molecule has 2 aromatic rings. The predicted octanol–water partition coefficient (Wildman–Crippen LogP) is 2.42. The van der Waals surface area contributed by atoms with E-state index in [1.807, 2.05) is 6.92 Å². The molecule has 0 radical (unpaired) electrons. The van der Waals surface area contributed by atoms with E-state index in [2.05, 4.69) is 0 Å². The van der Waals surface area contributed by atoms with Gasteiger partial charge in [0.1, 0.15) is 9.77 Å². The summed E-state index contributed by atoms with van der Waals surface area (Å²) in [5.41, 5.74) is 0. The Morgan fingerprint density at radius 3 is 2.62 bits per heavy atom. The Bertz CT molecular complexity index is 965. The van der Waals surface area contributed by atoms with E-state index in [1.165, 1.54) is 11.4 Å². The second kappa shape index (κ2) is 6.98. The summed E-state index contributed by atoms with van der Waals surface area (Å²) < 4.78 is 33.3. The number of carboxylic acids is 1. The summed E-state index contributed by atoms with van der Waals surface area (Å²) in [5, 5.41) is 9.78. The first-order valence-electron chi connectivity index (χ1n) is 8.08. The van der Waals surface area contributed by atoms with Gasteiger partial charge in [-0.25, -0.2) is 13.2 Å². The number of piperidine rings is 1. The number of hydrogen-bond donors (Lipinski definition) is 1. The third-order valence-electron chi connectivity index (χ3n) is 4.49. The van der Waals surface area contributed by atoms with E-state index in [9.17, 15) is 23.1 Å². The standard InChI is InChI=1S/C17H19NO6S2/c1-10-7-11(16(19)20)9-18(8-10)26(22,23)15-12-5-3-4-6-13(12)25-14(15)17(21)24-2/h3-6,10-11H,7-9H2,1-2H3,(H,19,20). The van der Waals surface area contributed by atoms with Gasteiger partial charge in [0.25, 0.3) is 0 Å². The molecule has 1 aliphatic rings. The van der Waals surface area contributed by atoms with Gasteiger partial charge in [-0.05, 0) is 18.4 Å². The van der Waals surface area contributed by atoms with Crippen molar-refractivity contribution in [3.8, 4) is 0 Å². The molecule has 2 heterocycles. The fraction of sp³-hybridized carbons (Fsp3) is 0.412. The van der Waals surface area contributed by atoms with Gasteiger partial charge < -0.3 is 9.84 Å². The van der Waals surface area contributed by atoms with Crippen LogP contribution < -0.4 is 0 Å². The quantitative estimate of drug-likeness (QED) is 0.795. The number of nitrogens with zero attached hydrogens (tertiary/aromatic N) is 1. The Morgan fingerprint density at radius 1 is 1.27 bits per heavy atom. The highest BCUT2D eigenvalue weighted by atomic mass is 32.2. The number of carbonyl (C=O) groups is 2. The molecule has 1 aromatic heterocycles. The molecule has 3 rings (SSSR count). The number of sulfonamides is 1. The molecule has 0 spiro atoms. The number of carboxylic acid groups (broad SMARTS) is 1. The minimum atomic E-state index is -4.05. The van der Waals surface area contributed by atoms with Gasteiger partial charge in [0.05, 0.1) is 13.0 Å². The molecule has 9 heteroatoms. The van der Waals surface area contributed by atoms with E-state index >= 15 is 0 Å². The zero-order valence-corrected chi connectivity index (χ0v) is 16.0. The van der Waals surface area contributed by atoms with Crippen molar-refractivity contribution in [1.29, 1.82) is 0 Å². The lowest BCUT2D eigenvalue weighted by Crippen LogP contribution is -2.45. The van der Waals surface area contributed by atoms with E-state index < -0.39 is 27.9 Å². The molecule has 7 nitrogen and oxygen atoms in total. The Labute approximate surface area is 155 Å². The molecule has 1 saturated heterocycles. The summed E-state index contributed by atoms with van der Waals surface area (Å²) in [6.07, 6.45) is 0.426. The van der Waals surface area contributed by atoms with E-state index in [-0.39, 0.29) is 28.8 Å². The minimum Gasteiger partial charge on any atom is -0.481 e. The van der Waals surface area contributed by atoms with Crippen molar-refractivity contribution in [2.24, 2.45) is 11.8 Å². The van der Waals surface area contributed by atoms with Crippen molar-refractivity contribution in [3.05, 3.63) is 29.1 Å². The molecule has 1 aromatic carbocycles. The third-order valence-corrected chi connectivity index (χ3v) is 7.69. The monoisotopic (exact) mass is 397 g/mol. The van der Waals surface area contributed by atoms with Crippen molar-refractivity contribution in [2.45, 2.75) is 18.2 Å². The van der Waals surface area contributed by atoms with Gasteiger partial charge in [-0.3, -0.25) is 4.79 Å². The van der Waals surface area contributed by atoms with Crippen LogP contribution in [0.4, 0.5) is 0 Å². The molecule has 1 aliphatic heterocycles. The van der Waals surface area contributed by atoms with Gasteiger partial charge in [0.15, 0.2) is 0 Å². The van der Waals surface area contributed by atoms with E-state index in [0.717, 1.165) is 11.3 Å². The molecule has 140 valence electrons. The maximum Gasteiger partial charge on any atom is 0.349 e. The molecule has 0 bridgehead atoms. The van der Waals surface area contributed by atoms with Crippen LogP contribution in [0.5, 0.6) is 0 Å². The number of thiophene rings is 1. The maximum atomic E-state index is 13.3. The lowest BCUT2D eigenvalue weighted by molar-refractivity contribution is -0.143. The van der Waals surface area contributed by atoms with Crippen LogP contribution in [0.3, 0.4) is 0 Å². The lowest BCUT2D eigenvalue weighted by Gasteiger charge is -2.33. The summed E-state index contributed by atoms with van der Waals surface area (Å²) in [5.74, 6) is -2.59. The second-order valence-electron chi connectivity index (χ2n) is 6.45. The molecule has 0 saturated carbocycles. The first-order chi connectivity index (χ1) is 12.3. The van der Waals surface area contributed by atoms with Crippen LogP contribution in [-0.2, 0) is 19.6 Å². The topological polar surface area (TPSA) is 101 Å². The fourth-order valence-corrected chi connectivity index (χ4v) is 6.69. The molecule has 26 heavy (non-hydrogen) atoms. The van der Waals surface area contributed by atoms with Gasteiger partial charge in [-0.15, -0.1) is 11.3 Å². The summed E-state index contributed by atoms with van der Waals surface area (Å²) in [6.45, 7) is 1.94. The average Bonchev–Trinajstić information content (AvgIpc) is 3.00. The number of esters is 1. The number of aliphatic carboxylic acids is 1. The van der Waals surface area contributed by atoms with Crippen LogP contribution in [0.2, 0.25) is 0 Å². The van der Waals surface area contributed by atoms with Gasteiger partial charge >= 0.3 is 11.9 Å². The normalized spacial score (nSPS) is 21.6. The summed E-state index contributed by atoms with van der Waals surface area (Å²) in [6, 6.07) is 6.85. The Kier molecular flexibility index (Phi) is 5.05. The predicted molar refractivity (Wildman–Crippen MR) is 96.8 cm³/mol. The zero-order chi connectivity index (χ0) is 19.1. The highest BCUT2D eigenvalue weighted by Gasteiger charge is 2.39. The number of hydrogen-bond acceptors (Lipinski definition) is 6. The SMILES string of the molecule is COC(=O)c1sc2ccccc2c1S(=O)(=O)N1CC(C)CC(C(=O)O)C1. The molecule has 1 N–H and O–H groups in total. The Hall–Kier alpha value is -1.97. The third kappa shape index (κ3) is 3.22. The van der Waals surface area contributed by atoms with Crippen molar-refractivity contribution in [1.82, 2.24) is 4.31 Å². The Morgan fingerprint density at radius 2 is 1.96 bits per heavy atom. The van der Waals surface area contributed by atoms with Gasteiger partial charge in [-0.1, -0.05) is 25.1 Å². The first kappa shape index (κ1) is 18.8. The first-order valence-corrected chi connectivity index (χ1v) is 10.3. The number of fused-ring (bicyclic) bond motifs is 1. The largest absolute Gasteiger partial charge is 0.481 e. The number of methoxy groups -OCH3 is 1. The van der Waals surface area contributed by atoms with Gasteiger partial charge in [-0.2, -0.15) is 4.31 Å². The van der Waals surface area contributed by atoms with E-state index in [4.69, 9.17) is 4.74 Å². The van der Waals surface area contributed by atoms with Crippen molar-refractivity contribution in [2.75, 3.05) is 20.2 Å². The Balaban J connectivity index is 2.15. The molecule has 2 unspecified atom stereocenters. The van der Waals surface area contributed by atoms with Crippen LogP contribution in [0.1, 0.15) is 23.0 Å². The molecule has 2 atom stereocenters. The van der Waals surface area contributed by atoms with E-state index in [1.54, 1.807) is 24.3 Å². The van der Waals surface area contributed by atoms with Gasteiger partial charge in [0, 0.05) is 23.2 Å². The summed E-state index contributed by atoms with van der Waals surface area (Å²) in [4.78, 5) is 23.5. The van der Waals surface area contributed by atoms with Crippen molar-refractivity contribution >= 4 is 43.4 Å². The van der Waals surface area contributed by atoms with Crippen molar-refractivity contribution in [3.63, 3.8) is 0 Å². The highest BCUT2D eigenvalue weighted by Crippen LogP contribution is 2.38. The molecule has 0 aliphatic carbocycles. The minimum absolute atomic E-state index is 0.0128. The summed E-state index contributed by atoms with van der Waals surface area (Å²) >= 11 is 1.06. The summed E-state index contributed by atoms with van der Waals surface area (Å²) in [7, 11) is -2.85. The average molecular weight is 397 g/mol.